The van der Waals surface area contributed by atoms with E-state index in [-0.39, 0.29) is 7.43 Å². The molecular weight excluding hydrogens is 284 g/mol. The van der Waals surface area contributed by atoms with Crippen LogP contribution in [0.15, 0.2) is 18.2 Å². The molecule has 1 aromatic rings. The number of hydrogen-bond donors (Lipinski definition) is 0. The summed E-state index contributed by atoms with van der Waals surface area (Å²) in [6, 6.07) is 6.87. The number of carbonyl (C=O) groups excluding carboxylic acids is 1. The third-order valence-electron chi connectivity index (χ3n) is 6.53. The molecule has 0 aromatic heterocycles. The Morgan fingerprint density at radius 2 is 1.87 bits per heavy atom. The van der Waals surface area contributed by atoms with Crippen LogP contribution >= 0.6 is 0 Å². The SMILES string of the molecule is C.O=C1c2cccc3c2[C@H](CCC3)CN1[C@@H]1CN2CCC1CC2. The summed E-state index contributed by atoms with van der Waals surface area (Å²) in [4.78, 5) is 18.0. The van der Waals surface area contributed by atoms with Crippen molar-refractivity contribution in [3.05, 3.63) is 34.9 Å². The molecule has 124 valence electrons. The number of hydrogen-bond acceptors (Lipinski definition) is 2. The number of piperidine rings is 3. The average molecular weight is 312 g/mol. The Kier molecular flexibility index (Phi) is 3.72. The minimum atomic E-state index is 0. The van der Waals surface area contributed by atoms with E-state index < -0.39 is 0 Å². The van der Waals surface area contributed by atoms with Gasteiger partial charge in [0.2, 0.25) is 0 Å². The third kappa shape index (κ3) is 2.24. The van der Waals surface area contributed by atoms with Crippen molar-refractivity contribution in [3.63, 3.8) is 0 Å². The van der Waals surface area contributed by atoms with E-state index >= 15 is 0 Å². The summed E-state index contributed by atoms with van der Waals surface area (Å²) < 4.78 is 0. The number of fused-ring (bicyclic) bond motifs is 3. The minimum absolute atomic E-state index is 0. The number of rotatable bonds is 1. The topological polar surface area (TPSA) is 23.6 Å². The smallest absolute Gasteiger partial charge is 0.254 e. The van der Waals surface area contributed by atoms with Crippen molar-refractivity contribution in [1.82, 2.24) is 9.80 Å². The Labute approximate surface area is 139 Å². The zero-order chi connectivity index (χ0) is 14.7. The molecule has 0 spiro atoms. The molecule has 0 saturated carbocycles. The molecular formula is C20H28N2O. The molecule has 3 saturated heterocycles. The first-order valence-electron chi connectivity index (χ1n) is 8.96. The van der Waals surface area contributed by atoms with Crippen LogP contribution in [-0.2, 0) is 6.42 Å². The van der Waals surface area contributed by atoms with E-state index in [1.165, 1.54) is 49.9 Å². The quantitative estimate of drug-likeness (QED) is 0.794. The summed E-state index contributed by atoms with van der Waals surface area (Å²) >= 11 is 0. The van der Waals surface area contributed by atoms with Crippen LogP contribution in [0.2, 0.25) is 0 Å². The fraction of sp³-hybridized carbons (Fsp3) is 0.650. The Hall–Kier alpha value is -1.35. The fourth-order valence-corrected chi connectivity index (χ4v) is 5.41. The van der Waals surface area contributed by atoms with Crippen LogP contribution < -0.4 is 0 Å². The van der Waals surface area contributed by atoms with Crippen LogP contribution in [0, 0.1) is 5.92 Å². The van der Waals surface area contributed by atoms with Crippen molar-refractivity contribution >= 4 is 5.91 Å². The number of aryl methyl sites for hydroxylation is 1. The van der Waals surface area contributed by atoms with Crippen molar-refractivity contribution in [2.45, 2.75) is 51.5 Å². The van der Waals surface area contributed by atoms with Gasteiger partial charge in [0.05, 0.1) is 0 Å². The van der Waals surface area contributed by atoms with Crippen LogP contribution in [0.4, 0.5) is 0 Å². The lowest BCUT2D eigenvalue weighted by Gasteiger charge is -2.51. The van der Waals surface area contributed by atoms with Crippen molar-refractivity contribution in [2.24, 2.45) is 5.92 Å². The molecule has 3 fully saturated rings. The summed E-state index contributed by atoms with van der Waals surface area (Å²) in [6.07, 6.45) is 6.27. The van der Waals surface area contributed by atoms with Gasteiger partial charge >= 0.3 is 0 Å². The largest absolute Gasteiger partial charge is 0.333 e. The summed E-state index contributed by atoms with van der Waals surface area (Å²) in [7, 11) is 0. The molecule has 23 heavy (non-hydrogen) atoms. The van der Waals surface area contributed by atoms with E-state index in [9.17, 15) is 4.79 Å². The summed E-state index contributed by atoms with van der Waals surface area (Å²) in [5, 5.41) is 0. The third-order valence-corrected chi connectivity index (χ3v) is 6.53. The zero-order valence-electron chi connectivity index (χ0n) is 13.1. The van der Waals surface area contributed by atoms with Crippen LogP contribution in [0.3, 0.4) is 0 Å². The maximum Gasteiger partial charge on any atom is 0.254 e. The molecule has 4 aliphatic heterocycles. The first-order chi connectivity index (χ1) is 10.8. The molecule has 6 rings (SSSR count). The molecule has 3 heteroatoms. The minimum Gasteiger partial charge on any atom is -0.333 e. The van der Waals surface area contributed by atoms with Gasteiger partial charge in [0.25, 0.3) is 5.91 Å². The second-order valence-electron chi connectivity index (χ2n) is 7.63. The first kappa shape index (κ1) is 15.2. The van der Waals surface area contributed by atoms with Gasteiger partial charge in [0, 0.05) is 30.6 Å². The normalized spacial score (nSPS) is 34.8. The van der Waals surface area contributed by atoms with Gasteiger partial charge in [0.1, 0.15) is 0 Å². The summed E-state index contributed by atoms with van der Waals surface area (Å²) in [5.41, 5.74) is 3.86. The zero-order valence-corrected chi connectivity index (χ0v) is 13.1. The molecule has 4 heterocycles. The van der Waals surface area contributed by atoms with Gasteiger partial charge in [-0.2, -0.15) is 0 Å². The van der Waals surface area contributed by atoms with Crippen molar-refractivity contribution in [3.8, 4) is 0 Å². The molecule has 3 nitrogen and oxygen atoms in total. The maximum absolute atomic E-state index is 13.1. The highest BCUT2D eigenvalue weighted by molar-refractivity contribution is 5.97. The molecule has 1 amide bonds. The van der Waals surface area contributed by atoms with Gasteiger partial charge in [-0.3, -0.25) is 4.79 Å². The monoisotopic (exact) mass is 312 g/mol. The van der Waals surface area contributed by atoms with Gasteiger partial charge in [-0.25, -0.2) is 0 Å². The Bertz CT molecular complexity index is 618. The van der Waals surface area contributed by atoms with Gasteiger partial charge in [-0.15, -0.1) is 0 Å². The van der Waals surface area contributed by atoms with E-state index in [4.69, 9.17) is 0 Å². The number of carbonyl (C=O) groups is 1. The summed E-state index contributed by atoms with van der Waals surface area (Å²) in [5.74, 6) is 1.64. The Morgan fingerprint density at radius 1 is 1.04 bits per heavy atom. The number of amides is 1. The molecule has 2 bridgehead atoms. The highest BCUT2D eigenvalue weighted by atomic mass is 16.2. The van der Waals surface area contributed by atoms with E-state index in [1.807, 2.05) is 0 Å². The van der Waals surface area contributed by atoms with Gasteiger partial charge in [-0.1, -0.05) is 19.6 Å². The highest BCUT2D eigenvalue weighted by Gasteiger charge is 2.43. The molecule has 0 unspecified atom stereocenters. The van der Waals surface area contributed by atoms with Gasteiger partial charge < -0.3 is 9.80 Å². The molecule has 5 aliphatic rings. The van der Waals surface area contributed by atoms with Crippen LogP contribution in [-0.4, -0.2) is 47.9 Å². The highest BCUT2D eigenvalue weighted by Crippen LogP contribution is 2.41. The average Bonchev–Trinajstić information content (AvgIpc) is 2.59. The second kappa shape index (κ2) is 5.62. The molecule has 0 N–H and O–H groups in total. The van der Waals surface area contributed by atoms with E-state index in [2.05, 4.69) is 28.0 Å². The standard InChI is InChI=1S/C19H24N2O.CH4/c22-19-16-6-2-4-14-3-1-5-15(18(14)16)11-21(19)17-12-20-9-7-13(17)8-10-20;/h2,4,6,13,15,17H,1,3,5,7-12H2;1H4/t15-,17-;/m1./s1. The predicted octanol–water partition coefficient (Wildman–Crippen LogP) is 3.29. The van der Waals surface area contributed by atoms with Crippen molar-refractivity contribution < 1.29 is 4.79 Å². The maximum atomic E-state index is 13.1. The lowest BCUT2D eigenvalue weighted by molar-refractivity contribution is 0.00258. The lowest BCUT2D eigenvalue weighted by Crippen LogP contribution is -2.60. The van der Waals surface area contributed by atoms with Gasteiger partial charge in [0.15, 0.2) is 0 Å². The van der Waals surface area contributed by atoms with Crippen LogP contribution in [0.1, 0.15) is 60.5 Å². The fourth-order valence-electron chi connectivity index (χ4n) is 5.41. The van der Waals surface area contributed by atoms with Crippen molar-refractivity contribution in [1.29, 1.82) is 0 Å². The molecule has 1 aromatic carbocycles. The first-order valence-corrected chi connectivity index (χ1v) is 8.96. The van der Waals surface area contributed by atoms with Gasteiger partial charge in [-0.05, 0) is 68.3 Å². The number of benzene rings is 1. The van der Waals surface area contributed by atoms with Crippen molar-refractivity contribution in [2.75, 3.05) is 26.2 Å². The number of nitrogens with zero attached hydrogens (tertiary/aromatic N) is 2. The second-order valence-corrected chi connectivity index (χ2v) is 7.63. The molecule has 2 atom stereocenters. The Balaban J connectivity index is 0.00000135. The van der Waals surface area contributed by atoms with Crippen LogP contribution in [0.25, 0.3) is 0 Å². The summed E-state index contributed by atoms with van der Waals surface area (Å²) in [6.45, 7) is 4.57. The molecule has 0 radical (unpaired) electrons. The van der Waals surface area contributed by atoms with E-state index in [0.717, 1.165) is 31.0 Å². The Morgan fingerprint density at radius 3 is 2.61 bits per heavy atom. The molecule has 1 aliphatic carbocycles. The van der Waals surface area contributed by atoms with Crippen LogP contribution in [0.5, 0.6) is 0 Å². The van der Waals surface area contributed by atoms with E-state index in [1.54, 1.807) is 0 Å². The van der Waals surface area contributed by atoms with E-state index in [0.29, 0.717) is 17.9 Å². The predicted molar refractivity (Wildman–Crippen MR) is 92.8 cm³/mol. The lowest BCUT2D eigenvalue weighted by atomic mass is 9.75.